The largest absolute Gasteiger partial charge is 0.309 e. The zero-order valence-corrected chi connectivity index (χ0v) is 13.8. The summed E-state index contributed by atoms with van der Waals surface area (Å²) in [7, 11) is 0. The number of halogens is 2. The van der Waals surface area contributed by atoms with E-state index in [0.717, 1.165) is 33.3 Å². The smallest absolute Gasteiger partial charge is 0.123 e. The molecule has 1 nitrogen and oxygen atoms in total. The molecule has 0 aliphatic rings. The normalized spacial score (nSPS) is 12.4. The van der Waals surface area contributed by atoms with E-state index in [1.165, 1.54) is 6.07 Å². The van der Waals surface area contributed by atoms with Gasteiger partial charge < -0.3 is 5.32 Å². The molecule has 0 saturated carbocycles. The van der Waals surface area contributed by atoms with Crippen LogP contribution in [-0.2, 0) is 0 Å². The third-order valence-electron chi connectivity index (χ3n) is 3.27. The summed E-state index contributed by atoms with van der Waals surface area (Å²) in [5.74, 6) is 0.690. The topological polar surface area (TPSA) is 12.0 Å². The highest BCUT2D eigenvalue weighted by Gasteiger charge is 2.13. The van der Waals surface area contributed by atoms with Crippen LogP contribution < -0.4 is 5.32 Å². The van der Waals surface area contributed by atoms with Gasteiger partial charge in [0.15, 0.2) is 0 Å². The summed E-state index contributed by atoms with van der Waals surface area (Å²) in [6.07, 6.45) is 0. The first-order valence-corrected chi connectivity index (χ1v) is 8.34. The van der Waals surface area contributed by atoms with E-state index in [0.29, 0.717) is 0 Å². The second-order valence-corrected chi connectivity index (χ2v) is 6.41. The summed E-state index contributed by atoms with van der Waals surface area (Å²) in [6, 6.07) is 13.0. The van der Waals surface area contributed by atoms with E-state index in [4.69, 9.17) is 11.6 Å². The van der Waals surface area contributed by atoms with Crippen LogP contribution in [0.2, 0.25) is 5.02 Å². The predicted molar refractivity (Wildman–Crippen MR) is 89.7 cm³/mol. The van der Waals surface area contributed by atoms with Gasteiger partial charge >= 0.3 is 0 Å². The van der Waals surface area contributed by atoms with Crippen molar-refractivity contribution < 1.29 is 4.39 Å². The lowest BCUT2D eigenvalue weighted by molar-refractivity contribution is 0.594. The van der Waals surface area contributed by atoms with Crippen molar-refractivity contribution in [3.8, 4) is 0 Å². The van der Waals surface area contributed by atoms with Crippen molar-refractivity contribution in [3.63, 3.8) is 0 Å². The molecule has 0 fully saturated rings. The molecule has 2 rings (SSSR count). The molecule has 2 aromatic carbocycles. The Morgan fingerprint density at radius 3 is 2.71 bits per heavy atom. The number of hydrogen-bond donors (Lipinski definition) is 1. The lowest BCUT2D eigenvalue weighted by atomic mass is 10.0. The van der Waals surface area contributed by atoms with Gasteiger partial charge in [-0.1, -0.05) is 30.7 Å². The number of hydrogen-bond acceptors (Lipinski definition) is 2. The molecule has 1 atom stereocenters. The van der Waals surface area contributed by atoms with Gasteiger partial charge in [0.25, 0.3) is 0 Å². The maximum atomic E-state index is 13.3. The molecular formula is C17H19ClFNS. The number of aryl methyl sites for hydroxylation is 1. The molecule has 0 amide bonds. The number of rotatable bonds is 6. The third-order valence-corrected chi connectivity index (χ3v) is 4.59. The molecule has 0 saturated heterocycles. The molecule has 0 spiro atoms. The van der Waals surface area contributed by atoms with Gasteiger partial charge in [0.1, 0.15) is 5.82 Å². The molecule has 2 aromatic rings. The van der Waals surface area contributed by atoms with Crippen LogP contribution in [0.5, 0.6) is 0 Å². The third kappa shape index (κ3) is 4.73. The summed E-state index contributed by atoms with van der Waals surface area (Å²) in [5.41, 5.74) is 2.13. The van der Waals surface area contributed by atoms with E-state index in [1.807, 2.05) is 31.2 Å². The average molecular weight is 324 g/mol. The van der Waals surface area contributed by atoms with Gasteiger partial charge in [-0.15, -0.1) is 11.8 Å². The van der Waals surface area contributed by atoms with Crippen molar-refractivity contribution in [2.24, 2.45) is 0 Å². The maximum absolute atomic E-state index is 13.3. The van der Waals surface area contributed by atoms with Crippen LogP contribution in [0.4, 0.5) is 4.39 Å². The van der Waals surface area contributed by atoms with E-state index in [9.17, 15) is 4.39 Å². The molecule has 0 heterocycles. The fourth-order valence-corrected chi connectivity index (χ4v) is 3.57. The Morgan fingerprint density at radius 2 is 2.05 bits per heavy atom. The van der Waals surface area contributed by atoms with Crippen LogP contribution in [0.25, 0.3) is 0 Å². The Hall–Kier alpha value is -1.03. The molecule has 0 aliphatic heterocycles. The van der Waals surface area contributed by atoms with Crippen LogP contribution >= 0.6 is 23.4 Å². The first-order chi connectivity index (χ1) is 10.1. The minimum Gasteiger partial charge on any atom is -0.309 e. The van der Waals surface area contributed by atoms with Gasteiger partial charge in [0, 0.05) is 21.7 Å². The standard InChI is InChI=1S/C17H19ClFNS/c1-3-20-17(16-8-7-14(19)9-12(16)2)11-21-15-6-4-5-13(18)10-15/h4-10,17,20H,3,11H2,1-2H3. The Kier molecular flexibility index (Phi) is 6.09. The average Bonchev–Trinajstić information content (AvgIpc) is 2.44. The van der Waals surface area contributed by atoms with E-state index in [-0.39, 0.29) is 11.9 Å². The summed E-state index contributed by atoms with van der Waals surface area (Å²) >= 11 is 7.76. The number of nitrogens with one attached hydrogen (secondary N) is 1. The first-order valence-electron chi connectivity index (χ1n) is 6.98. The first kappa shape index (κ1) is 16.3. The summed E-state index contributed by atoms with van der Waals surface area (Å²) in [5, 5.41) is 4.22. The fraction of sp³-hybridized carbons (Fsp3) is 0.294. The van der Waals surface area contributed by atoms with E-state index in [2.05, 4.69) is 18.3 Å². The SMILES string of the molecule is CCNC(CSc1cccc(Cl)c1)c1ccc(F)cc1C. The van der Waals surface area contributed by atoms with E-state index < -0.39 is 0 Å². The van der Waals surface area contributed by atoms with Gasteiger partial charge in [0.2, 0.25) is 0 Å². The highest BCUT2D eigenvalue weighted by Crippen LogP contribution is 2.28. The van der Waals surface area contributed by atoms with Crippen LogP contribution in [0, 0.1) is 12.7 Å². The van der Waals surface area contributed by atoms with Gasteiger partial charge in [-0.3, -0.25) is 0 Å². The van der Waals surface area contributed by atoms with Gasteiger partial charge in [-0.25, -0.2) is 4.39 Å². The number of benzene rings is 2. The van der Waals surface area contributed by atoms with Crippen molar-refractivity contribution in [2.45, 2.75) is 24.8 Å². The molecule has 0 radical (unpaired) electrons. The van der Waals surface area contributed by atoms with E-state index in [1.54, 1.807) is 17.8 Å². The number of thioether (sulfide) groups is 1. The molecule has 112 valence electrons. The molecule has 0 aromatic heterocycles. The van der Waals surface area contributed by atoms with Gasteiger partial charge in [0.05, 0.1) is 0 Å². The second kappa shape index (κ2) is 7.83. The Bertz CT molecular complexity index is 603. The van der Waals surface area contributed by atoms with Crippen molar-refractivity contribution in [1.29, 1.82) is 0 Å². The maximum Gasteiger partial charge on any atom is 0.123 e. The second-order valence-electron chi connectivity index (χ2n) is 4.88. The lowest BCUT2D eigenvalue weighted by Crippen LogP contribution is -2.23. The van der Waals surface area contributed by atoms with E-state index >= 15 is 0 Å². The van der Waals surface area contributed by atoms with Crippen molar-refractivity contribution in [1.82, 2.24) is 5.32 Å². The zero-order valence-electron chi connectivity index (χ0n) is 12.2. The molecule has 1 N–H and O–H groups in total. The quantitative estimate of drug-likeness (QED) is 0.730. The van der Waals surface area contributed by atoms with Crippen molar-refractivity contribution in [3.05, 3.63) is 64.4 Å². The molecule has 4 heteroatoms. The van der Waals surface area contributed by atoms with Crippen molar-refractivity contribution in [2.75, 3.05) is 12.3 Å². The van der Waals surface area contributed by atoms with Crippen molar-refractivity contribution >= 4 is 23.4 Å². The minimum atomic E-state index is -0.186. The lowest BCUT2D eigenvalue weighted by Gasteiger charge is -2.20. The minimum absolute atomic E-state index is 0.186. The molecule has 1 unspecified atom stereocenters. The predicted octanol–water partition coefficient (Wildman–Crippen LogP) is 5.23. The fourth-order valence-electron chi connectivity index (χ4n) is 2.27. The Balaban J connectivity index is 2.12. The van der Waals surface area contributed by atoms with Crippen LogP contribution in [0.1, 0.15) is 24.1 Å². The van der Waals surface area contributed by atoms with Crippen LogP contribution in [-0.4, -0.2) is 12.3 Å². The summed E-state index contributed by atoms with van der Waals surface area (Å²) in [6.45, 7) is 4.90. The molecule has 0 aliphatic carbocycles. The molecular weight excluding hydrogens is 305 g/mol. The Morgan fingerprint density at radius 1 is 1.24 bits per heavy atom. The monoisotopic (exact) mass is 323 g/mol. The van der Waals surface area contributed by atoms with Crippen LogP contribution in [0.15, 0.2) is 47.4 Å². The highest BCUT2D eigenvalue weighted by atomic mass is 35.5. The highest BCUT2D eigenvalue weighted by molar-refractivity contribution is 7.99. The zero-order chi connectivity index (χ0) is 15.2. The van der Waals surface area contributed by atoms with Gasteiger partial charge in [-0.05, 0) is 54.9 Å². The summed E-state index contributed by atoms with van der Waals surface area (Å²) in [4.78, 5) is 1.14. The summed E-state index contributed by atoms with van der Waals surface area (Å²) < 4.78 is 13.3. The Labute approximate surface area is 134 Å². The molecule has 0 bridgehead atoms. The molecule has 21 heavy (non-hydrogen) atoms. The van der Waals surface area contributed by atoms with Gasteiger partial charge in [-0.2, -0.15) is 0 Å². The van der Waals surface area contributed by atoms with Crippen LogP contribution in [0.3, 0.4) is 0 Å².